The van der Waals surface area contributed by atoms with Gasteiger partial charge >= 0.3 is 5.63 Å². The van der Waals surface area contributed by atoms with Crippen molar-refractivity contribution >= 4 is 43.7 Å². The summed E-state index contributed by atoms with van der Waals surface area (Å²) in [7, 11) is 0. The maximum absolute atomic E-state index is 13.3. The van der Waals surface area contributed by atoms with Crippen molar-refractivity contribution in [2.75, 3.05) is 6.54 Å². The highest BCUT2D eigenvalue weighted by Crippen LogP contribution is 2.41. The summed E-state index contributed by atoms with van der Waals surface area (Å²) < 4.78 is 6.50. The Bertz CT molecular complexity index is 1620. The molecule has 0 aliphatic rings. The van der Waals surface area contributed by atoms with Crippen LogP contribution in [0.3, 0.4) is 0 Å². The Morgan fingerprint density at radius 1 is 1.06 bits per heavy atom. The van der Waals surface area contributed by atoms with Gasteiger partial charge in [0.15, 0.2) is 0 Å². The third-order valence-corrected chi connectivity index (χ3v) is 6.67. The third kappa shape index (κ3) is 4.35. The van der Waals surface area contributed by atoms with Crippen molar-refractivity contribution in [3.63, 3.8) is 0 Å². The minimum atomic E-state index is -0.631. The molecule has 0 saturated heterocycles. The van der Waals surface area contributed by atoms with Crippen LogP contribution in [0.25, 0.3) is 21.9 Å². The molecule has 1 unspecified atom stereocenters. The quantitative estimate of drug-likeness (QED) is 0.249. The van der Waals surface area contributed by atoms with Crippen LogP contribution >= 0.6 is 15.9 Å². The van der Waals surface area contributed by atoms with Crippen LogP contribution < -0.4 is 10.9 Å². The van der Waals surface area contributed by atoms with E-state index in [0.717, 1.165) is 32.2 Å². The van der Waals surface area contributed by atoms with Crippen LogP contribution in [0.5, 0.6) is 5.75 Å². The van der Waals surface area contributed by atoms with E-state index >= 15 is 0 Å². The Labute approximate surface area is 209 Å². The average molecular weight is 531 g/mol. The number of carbonyl (C=O) groups is 1. The number of benzene rings is 3. The molecule has 5 aromatic rings. The van der Waals surface area contributed by atoms with E-state index in [0.29, 0.717) is 23.9 Å². The summed E-state index contributed by atoms with van der Waals surface area (Å²) in [5.74, 6) is -0.843. The van der Waals surface area contributed by atoms with Crippen LogP contribution in [0.15, 0.2) is 86.5 Å². The number of para-hydroxylation sites is 2. The van der Waals surface area contributed by atoms with Gasteiger partial charge in [-0.2, -0.15) is 0 Å². The highest BCUT2D eigenvalue weighted by Gasteiger charge is 2.30. The van der Waals surface area contributed by atoms with Crippen LogP contribution in [0.4, 0.5) is 0 Å². The van der Waals surface area contributed by atoms with Crippen LogP contribution in [-0.4, -0.2) is 22.5 Å². The summed E-state index contributed by atoms with van der Waals surface area (Å²) in [6, 6.07) is 22.5. The van der Waals surface area contributed by atoms with E-state index in [1.807, 2.05) is 48.5 Å². The number of hydrogen-bond donors (Lipinski definition) is 3. The molecule has 0 aliphatic carbocycles. The maximum atomic E-state index is 13.3. The van der Waals surface area contributed by atoms with E-state index in [-0.39, 0.29) is 17.2 Å². The molecule has 1 amide bonds. The van der Waals surface area contributed by atoms with E-state index in [1.54, 1.807) is 24.3 Å². The highest BCUT2D eigenvalue weighted by molar-refractivity contribution is 9.10. The smallest absolute Gasteiger partial charge is 0.344 e. The zero-order valence-electron chi connectivity index (χ0n) is 19.0. The van der Waals surface area contributed by atoms with Crippen molar-refractivity contribution in [1.29, 1.82) is 0 Å². The normalized spacial score (nSPS) is 12.2. The lowest BCUT2D eigenvalue weighted by Crippen LogP contribution is -2.23. The number of halogens is 1. The number of amides is 1. The van der Waals surface area contributed by atoms with Gasteiger partial charge in [-0.25, -0.2) is 4.79 Å². The second kappa shape index (κ2) is 9.43. The van der Waals surface area contributed by atoms with Gasteiger partial charge in [0.1, 0.15) is 11.3 Å². The Hall–Kier alpha value is -3.84. The van der Waals surface area contributed by atoms with Crippen molar-refractivity contribution in [3.05, 3.63) is 110 Å². The Morgan fingerprint density at radius 3 is 2.57 bits per heavy atom. The molecule has 0 saturated carbocycles. The summed E-state index contributed by atoms with van der Waals surface area (Å²) in [6.07, 6.45) is 0.545. The van der Waals surface area contributed by atoms with Gasteiger partial charge in [-0.05, 0) is 47.9 Å². The van der Waals surface area contributed by atoms with Gasteiger partial charge in [0.25, 0.3) is 0 Å². The predicted octanol–water partition coefficient (Wildman–Crippen LogP) is 5.60. The molecule has 35 heavy (non-hydrogen) atoms. The van der Waals surface area contributed by atoms with Gasteiger partial charge in [0, 0.05) is 34.5 Å². The maximum Gasteiger partial charge on any atom is 0.344 e. The molecule has 2 heterocycles. The molecule has 176 valence electrons. The fourth-order valence-electron chi connectivity index (χ4n) is 4.67. The molecule has 3 N–H and O–H groups in total. The number of aromatic hydroxyl groups is 1. The number of aromatic amines is 1. The fraction of sp³-hybridized carbons (Fsp3) is 0.143. The topological polar surface area (TPSA) is 95.3 Å². The Balaban J connectivity index is 1.80. The average Bonchev–Trinajstić information content (AvgIpc) is 3.19. The molecule has 7 heteroatoms. The van der Waals surface area contributed by atoms with Gasteiger partial charge < -0.3 is 19.8 Å². The summed E-state index contributed by atoms with van der Waals surface area (Å²) in [5.41, 5.74) is 3.34. The number of fused-ring (bicyclic) bond motifs is 2. The second-order valence-electron chi connectivity index (χ2n) is 8.43. The van der Waals surface area contributed by atoms with E-state index in [4.69, 9.17) is 4.42 Å². The summed E-state index contributed by atoms with van der Waals surface area (Å²) in [5, 5.41) is 15.7. The van der Waals surface area contributed by atoms with Crippen LogP contribution in [0.1, 0.15) is 35.2 Å². The van der Waals surface area contributed by atoms with Crippen LogP contribution in [0, 0.1) is 0 Å². The largest absolute Gasteiger partial charge is 0.507 e. The van der Waals surface area contributed by atoms with Gasteiger partial charge in [0.05, 0.1) is 16.9 Å². The molecule has 0 spiro atoms. The van der Waals surface area contributed by atoms with E-state index in [9.17, 15) is 14.7 Å². The Morgan fingerprint density at radius 2 is 1.80 bits per heavy atom. The van der Waals surface area contributed by atoms with Gasteiger partial charge in [-0.1, -0.05) is 58.4 Å². The first-order valence-electron chi connectivity index (χ1n) is 11.3. The molecule has 0 radical (unpaired) electrons. The van der Waals surface area contributed by atoms with Crippen LogP contribution in [-0.2, 0) is 11.2 Å². The van der Waals surface area contributed by atoms with E-state index in [2.05, 4.69) is 26.2 Å². The standard InChI is InChI=1S/C28H23BrN2O4/c1-16(32)30-14-13-20-19-9-2-4-11-22(19)31-26(20)24(17-7-6-8-18(29)15-17)25-27(33)21-10-3-5-12-23(21)35-28(25)34/h2-12,15,24,31,33H,13-14H2,1H3,(H,30,32). The lowest BCUT2D eigenvalue weighted by Gasteiger charge is -2.20. The molecule has 1 atom stereocenters. The molecule has 2 aromatic heterocycles. The zero-order valence-corrected chi connectivity index (χ0v) is 20.6. The molecule has 0 bridgehead atoms. The number of nitrogens with one attached hydrogen (secondary N) is 2. The summed E-state index contributed by atoms with van der Waals surface area (Å²) in [6.45, 7) is 1.92. The summed E-state index contributed by atoms with van der Waals surface area (Å²) in [4.78, 5) is 28.4. The summed E-state index contributed by atoms with van der Waals surface area (Å²) >= 11 is 3.54. The van der Waals surface area contributed by atoms with E-state index in [1.165, 1.54) is 6.92 Å². The number of hydrogen-bond acceptors (Lipinski definition) is 4. The molecule has 5 rings (SSSR count). The molecular formula is C28H23BrN2O4. The predicted molar refractivity (Wildman–Crippen MR) is 140 cm³/mol. The van der Waals surface area contributed by atoms with Crippen molar-refractivity contribution < 1.29 is 14.3 Å². The lowest BCUT2D eigenvalue weighted by atomic mass is 9.85. The van der Waals surface area contributed by atoms with Crippen LogP contribution in [0.2, 0.25) is 0 Å². The minimum Gasteiger partial charge on any atom is -0.507 e. The molecular weight excluding hydrogens is 508 g/mol. The molecule has 0 fully saturated rings. The minimum absolute atomic E-state index is 0.103. The molecule has 6 nitrogen and oxygen atoms in total. The lowest BCUT2D eigenvalue weighted by molar-refractivity contribution is -0.118. The van der Waals surface area contributed by atoms with Gasteiger partial charge in [0.2, 0.25) is 5.91 Å². The monoisotopic (exact) mass is 530 g/mol. The van der Waals surface area contributed by atoms with Crippen molar-refractivity contribution in [1.82, 2.24) is 10.3 Å². The first-order chi connectivity index (χ1) is 16.9. The molecule has 0 aliphatic heterocycles. The Kier molecular flexibility index (Phi) is 6.17. The van der Waals surface area contributed by atoms with E-state index < -0.39 is 11.5 Å². The highest BCUT2D eigenvalue weighted by atomic mass is 79.9. The first kappa shape index (κ1) is 22.9. The third-order valence-electron chi connectivity index (χ3n) is 6.17. The number of H-pyrrole nitrogens is 1. The molecule has 3 aromatic carbocycles. The first-order valence-corrected chi connectivity index (χ1v) is 12.1. The van der Waals surface area contributed by atoms with Crippen molar-refractivity contribution in [2.24, 2.45) is 0 Å². The SMILES string of the molecule is CC(=O)NCCc1c(C(c2cccc(Br)c2)c2c(O)c3ccccc3oc2=O)[nH]c2ccccc12. The number of aromatic nitrogens is 1. The van der Waals surface area contributed by atoms with Gasteiger partial charge in [-0.3, -0.25) is 4.79 Å². The van der Waals surface area contributed by atoms with Crippen molar-refractivity contribution in [3.8, 4) is 5.75 Å². The zero-order chi connectivity index (χ0) is 24.5. The number of rotatable bonds is 6. The number of carbonyl (C=O) groups excluding carboxylic acids is 1. The van der Waals surface area contributed by atoms with Crippen molar-refractivity contribution in [2.45, 2.75) is 19.3 Å². The fourth-order valence-corrected chi connectivity index (χ4v) is 5.08. The second-order valence-corrected chi connectivity index (χ2v) is 9.35. The van der Waals surface area contributed by atoms with Gasteiger partial charge in [-0.15, -0.1) is 0 Å².